The van der Waals surface area contributed by atoms with Gasteiger partial charge in [-0.15, -0.1) is 0 Å². The normalized spacial score (nSPS) is 19.2. The Labute approximate surface area is 105 Å². The lowest BCUT2D eigenvalue weighted by molar-refractivity contribution is 0.0491. The third kappa shape index (κ3) is 3.47. The lowest BCUT2D eigenvalue weighted by Gasteiger charge is -2.40. The fraction of sp³-hybridized carbons (Fsp3) is 0.600. The van der Waals surface area contributed by atoms with Crippen LogP contribution < -0.4 is 4.74 Å². The summed E-state index contributed by atoms with van der Waals surface area (Å²) in [5.74, 6) is 1.00. The average molecular weight is 233 g/mol. The van der Waals surface area contributed by atoms with Crippen molar-refractivity contribution in [1.29, 1.82) is 0 Å². The molecule has 0 bridgehead atoms. The van der Waals surface area contributed by atoms with Gasteiger partial charge in [0, 0.05) is 18.6 Å². The van der Waals surface area contributed by atoms with Crippen LogP contribution in [0.15, 0.2) is 30.3 Å². The first-order chi connectivity index (χ1) is 8.05. The van der Waals surface area contributed by atoms with Gasteiger partial charge in [0.2, 0.25) is 0 Å². The minimum Gasteiger partial charge on any atom is -0.490 e. The first kappa shape index (κ1) is 12.4. The Hall–Kier alpha value is -1.02. The second-order valence-corrected chi connectivity index (χ2v) is 5.79. The maximum Gasteiger partial charge on any atom is 0.119 e. The number of piperidine rings is 1. The van der Waals surface area contributed by atoms with E-state index in [0.717, 1.165) is 31.7 Å². The van der Waals surface area contributed by atoms with Gasteiger partial charge in [0.1, 0.15) is 11.9 Å². The van der Waals surface area contributed by atoms with E-state index in [4.69, 9.17) is 4.74 Å². The molecule has 94 valence electrons. The molecule has 1 aromatic rings. The van der Waals surface area contributed by atoms with Crippen LogP contribution in [0.5, 0.6) is 5.75 Å². The molecule has 1 saturated heterocycles. The number of ether oxygens (including phenoxy) is 1. The summed E-state index contributed by atoms with van der Waals surface area (Å²) in [6.45, 7) is 9.13. The van der Waals surface area contributed by atoms with E-state index in [2.05, 4.69) is 25.7 Å². The third-order valence-electron chi connectivity index (χ3n) is 3.44. The molecule has 0 aliphatic carbocycles. The number of likely N-dealkylation sites (tertiary alicyclic amines) is 1. The fourth-order valence-electron chi connectivity index (χ4n) is 2.34. The molecule has 0 atom stereocenters. The molecular formula is C15H23NO. The highest BCUT2D eigenvalue weighted by Gasteiger charge is 2.27. The summed E-state index contributed by atoms with van der Waals surface area (Å²) < 4.78 is 5.99. The highest BCUT2D eigenvalue weighted by molar-refractivity contribution is 5.21. The summed E-state index contributed by atoms with van der Waals surface area (Å²) in [6, 6.07) is 10.2. The van der Waals surface area contributed by atoms with Crippen molar-refractivity contribution in [2.45, 2.75) is 45.3 Å². The van der Waals surface area contributed by atoms with Crippen LogP contribution in [0.3, 0.4) is 0 Å². The van der Waals surface area contributed by atoms with Crippen molar-refractivity contribution < 1.29 is 4.74 Å². The van der Waals surface area contributed by atoms with Gasteiger partial charge < -0.3 is 4.74 Å². The quantitative estimate of drug-likeness (QED) is 0.777. The molecule has 2 rings (SSSR count). The molecule has 0 unspecified atom stereocenters. The van der Waals surface area contributed by atoms with Crippen molar-refractivity contribution in [3.05, 3.63) is 30.3 Å². The lowest BCUT2D eigenvalue weighted by atomic mass is 9.99. The summed E-state index contributed by atoms with van der Waals surface area (Å²) in [4.78, 5) is 2.54. The maximum absolute atomic E-state index is 5.99. The number of hydrogen-bond donors (Lipinski definition) is 0. The minimum absolute atomic E-state index is 0.289. The van der Waals surface area contributed by atoms with E-state index >= 15 is 0 Å². The third-order valence-corrected chi connectivity index (χ3v) is 3.44. The molecule has 1 aromatic carbocycles. The van der Waals surface area contributed by atoms with Crippen molar-refractivity contribution in [3.63, 3.8) is 0 Å². The van der Waals surface area contributed by atoms with Crippen molar-refractivity contribution in [2.24, 2.45) is 0 Å². The average Bonchev–Trinajstić information content (AvgIpc) is 2.30. The molecule has 2 heteroatoms. The van der Waals surface area contributed by atoms with Crippen LogP contribution in [0.4, 0.5) is 0 Å². The van der Waals surface area contributed by atoms with Crippen molar-refractivity contribution >= 4 is 0 Å². The number of hydrogen-bond acceptors (Lipinski definition) is 2. The van der Waals surface area contributed by atoms with E-state index in [1.54, 1.807) is 0 Å². The molecule has 0 amide bonds. The van der Waals surface area contributed by atoms with Crippen molar-refractivity contribution in [3.8, 4) is 5.75 Å². The zero-order valence-corrected chi connectivity index (χ0v) is 11.1. The predicted molar refractivity (Wildman–Crippen MR) is 71.4 cm³/mol. The van der Waals surface area contributed by atoms with Gasteiger partial charge in [-0.1, -0.05) is 18.2 Å². The van der Waals surface area contributed by atoms with E-state index in [1.807, 2.05) is 30.3 Å². The van der Waals surface area contributed by atoms with Gasteiger partial charge in [0.05, 0.1) is 0 Å². The summed E-state index contributed by atoms with van der Waals surface area (Å²) >= 11 is 0. The fourth-order valence-corrected chi connectivity index (χ4v) is 2.34. The molecule has 0 spiro atoms. The van der Waals surface area contributed by atoms with Crippen LogP contribution in [0.1, 0.15) is 33.6 Å². The standard InChI is InChI=1S/C15H23NO/c1-15(2,3)16-11-9-14(10-12-16)17-13-7-5-4-6-8-13/h4-8,14H,9-12H2,1-3H3. The Bertz CT molecular complexity index is 334. The Balaban J connectivity index is 1.84. The van der Waals surface area contributed by atoms with Gasteiger partial charge in [-0.2, -0.15) is 0 Å². The van der Waals surface area contributed by atoms with Gasteiger partial charge in [0.25, 0.3) is 0 Å². The molecule has 2 nitrogen and oxygen atoms in total. The molecule has 0 saturated carbocycles. The van der Waals surface area contributed by atoms with Gasteiger partial charge in [-0.3, -0.25) is 4.90 Å². The molecule has 0 radical (unpaired) electrons. The zero-order valence-electron chi connectivity index (χ0n) is 11.1. The molecule has 0 N–H and O–H groups in total. The molecule has 17 heavy (non-hydrogen) atoms. The summed E-state index contributed by atoms with van der Waals surface area (Å²) in [7, 11) is 0. The Morgan fingerprint density at radius 2 is 1.65 bits per heavy atom. The van der Waals surface area contributed by atoms with Gasteiger partial charge in [-0.05, 0) is 45.7 Å². The summed E-state index contributed by atoms with van der Waals surface area (Å²) in [5, 5.41) is 0. The highest BCUT2D eigenvalue weighted by Crippen LogP contribution is 2.23. The second kappa shape index (κ2) is 5.09. The smallest absolute Gasteiger partial charge is 0.119 e. The predicted octanol–water partition coefficient (Wildman–Crippen LogP) is 3.33. The number of para-hydroxylation sites is 1. The van der Waals surface area contributed by atoms with E-state index in [0.29, 0.717) is 6.10 Å². The van der Waals surface area contributed by atoms with Crippen LogP contribution in [-0.4, -0.2) is 29.6 Å². The van der Waals surface area contributed by atoms with E-state index < -0.39 is 0 Å². The molecule has 0 aromatic heterocycles. The van der Waals surface area contributed by atoms with Crippen LogP contribution in [-0.2, 0) is 0 Å². The molecule has 1 fully saturated rings. The Morgan fingerprint density at radius 3 is 2.18 bits per heavy atom. The molecule has 1 heterocycles. The summed E-state index contributed by atoms with van der Waals surface area (Å²) in [5.41, 5.74) is 0.289. The van der Waals surface area contributed by atoms with E-state index in [-0.39, 0.29) is 5.54 Å². The first-order valence-corrected chi connectivity index (χ1v) is 6.52. The molecular weight excluding hydrogens is 210 g/mol. The number of rotatable bonds is 2. The largest absolute Gasteiger partial charge is 0.490 e. The van der Waals surface area contributed by atoms with Gasteiger partial charge in [-0.25, -0.2) is 0 Å². The highest BCUT2D eigenvalue weighted by atomic mass is 16.5. The van der Waals surface area contributed by atoms with Crippen molar-refractivity contribution in [2.75, 3.05) is 13.1 Å². The number of nitrogens with zero attached hydrogens (tertiary/aromatic N) is 1. The maximum atomic E-state index is 5.99. The van der Waals surface area contributed by atoms with Crippen LogP contribution in [0.25, 0.3) is 0 Å². The first-order valence-electron chi connectivity index (χ1n) is 6.52. The van der Waals surface area contributed by atoms with E-state index in [9.17, 15) is 0 Å². The Kier molecular flexibility index (Phi) is 3.72. The molecule has 1 aliphatic heterocycles. The van der Waals surface area contributed by atoms with Gasteiger partial charge in [0.15, 0.2) is 0 Å². The van der Waals surface area contributed by atoms with Crippen LogP contribution in [0, 0.1) is 0 Å². The Morgan fingerprint density at radius 1 is 1.06 bits per heavy atom. The van der Waals surface area contributed by atoms with Crippen LogP contribution in [0.2, 0.25) is 0 Å². The van der Waals surface area contributed by atoms with E-state index in [1.165, 1.54) is 0 Å². The second-order valence-electron chi connectivity index (χ2n) is 5.79. The topological polar surface area (TPSA) is 12.5 Å². The minimum atomic E-state index is 0.289. The SMILES string of the molecule is CC(C)(C)N1CCC(Oc2ccccc2)CC1. The van der Waals surface area contributed by atoms with Crippen molar-refractivity contribution in [1.82, 2.24) is 4.90 Å². The monoisotopic (exact) mass is 233 g/mol. The summed E-state index contributed by atoms with van der Waals surface area (Å²) in [6.07, 6.45) is 2.65. The zero-order chi connectivity index (χ0) is 12.3. The number of benzene rings is 1. The molecule has 1 aliphatic rings. The van der Waals surface area contributed by atoms with Gasteiger partial charge >= 0.3 is 0 Å². The van der Waals surface area contributed by atoms with Crippen LogP contribution >= 0.6 is 0 Å². The lowest BCUT2D eigenvalue weighted by Crippen LogP contribution is -2.48.